The lowest BCUT2D eigenvalue weighted by molar-refractivity contribution is 0.537. The van der Waals surface area contributed by atoms with E-state index in [4.69, 9.17) is 4.98 Å². The van der Waals surface area contributed by atoms with Crippen LogP contribution in [-0.4, -0.2) is 11.5 Å². The molecule has 0 atom stereocenters. The largest absolute Gasteiger partial charge is 0.384 e. The third-order valence-electron chi connectivity index (χ3n) is 6.42. The second-order valence-electron chi connectivity index (χ2n) is 9.04. The van der Waals surface area contributed by atoms with Crippen LogP contribution in [0.1, 0.15) is 96.8 Å². The van der Waals surface area contributed by atoms with Gasteiger partial charge in [-0.25, -0.2) is 4.98 Å². The van der Waals surface area contributed by atoms with Gasteiger partial charge >= 0.3 is 0 Å². The normalized spacial score (nSPS) is 11.4. The lowest BCUT2D eigenvalue weighted by Gasteiger charge is -2.13. The molecule has 3 rings (SSSR count). The van der Waals surface area contributed by atoms with E-state index in [1.165, 1.54) is 106 Å². The third kappa shape index (κ3) is 7.83. The van der Waals surface area contributed by atoms with Crippen LogP contribution in [0, 0.1) is 0 Å². The molecule has 0 spiro atoms. The van der Waals surface area contributed by atoms with Gasteiger partial charge in [0.2, 0.25) is 0 Å². The predicted molar refractivity (Wildman–Crippen MR) is 138 cm³/mol. The van der Waals surface area contributed by atoms with E-state index >= 15 is 0 Å². The number of hydrogen-bond acceptors (Lipinski definition) is 2. The first-order valence-electron chi connectivity index (χ1n) is 12.9. The van der Waals surface area contributed by atoms with Gasteiger partial charge in [-0.2, -0.15) is 0 Å². The van der Waals surface area contributed by atoms with Crippen LogP contribution in [0.4, 0.5) is 5.69 Å². The van der Waals surface area contributed by atoms with Crippen molar-refractivity contribution in [1.82, 2.24) is 4.98 Å². The highest BCUT2D eigenvalue weighted by Crippen LogP contribution is 2.30. The van der Waals surface area contributed by atoms with Crippen LogP contribution in [-0.2, 0) is 0 Å². The van der Waals surface area contributed by atoms with Gasteiger partial charge in [0.15, 0.2) is 0 Å². The monoisotopic (exact) mass is 418 g/mol. The number of para-hydroxylation sites is 2. The first-order chi connectivity index (χ1) is 15.4. The highest BCUT2D eigenvalue weighted by atomic mass is 14.9. The molecular weight excluding hydrogens is 376 g/mol. The highest BCUT2D eigenvalue weighted by molar-refractivity contribution is 6.07. The first-order valence-corrected chi connectivity index (χ1v) is 12.9. The maximum atomic E-state index is 4.82. The van der Waals surface area contributed by atoms with Crippen molar-refractivity contribution in [1.29, 1.82) is 0 Å². The summed E-state index contributed by atoms with van der Waals surface area (Å²) in [5, 5.41) is 6.19. The van der Waals surface area contributed by atoms with Crippen LogP contribution in [0.25, 0.3) is 21.8 Å². The topological polar surface area (TPSA) is 24.9 Å². The molecule has 0 saturated carbocycles. The van der Waals surface area contributed by atoms with Crippen LogP contribution in [0.2, 0.25) is 0 Å². The van der Waals surface area contributed by atoms with Gasteiger partial charge in [-0.1, -0.05) is 127 Å². The molecule has 0 fully saturated rings. The van der Waals surface area contributed by atoms with E-state index in [2.05, 4.69) is 60.8 Å². The summed E-state index contributed by atoms with van der Waals surface area (Å²) in [6, 6.07) is 16.9. The van der Waals surface area contributed by atoms with Crippen molar-refractivity contribution in [3.63, 3.8) is 0 Å². The van der Waals surface area contributed by atoms with Crippen molar-refractivity contribution in [2.24, 2.45) is 0 Å². The van der Waals surface area contributed by atoms with E-state index in [0.717, 1.165) is 17.6 Å². The standard InChI is InChI=1S/C29H42N2/c1-2-3-4-5-6-7-8-9-10-11-12-13-14-19-24-30-29-25-20-15-17-22-27(25)31-28-23-18-16-21-26(28)29/h15-18,20-23H,2-14,19,24H2,1H3,(H,30,31). The SMILES string of the molecule is CCCCCCCCCCCCCCCCNc1c2ccccc2nc2ccccc12. The van der Waals surface area contributed by atoms with Crippen molar-refractivity contribution in [3.8, 4) is 0 Å². The number of hydrogen-bond donors (Lipinski definition) is 1. The van der Waals surface area contributed by atoms with Gasteiger partial charge in [-0.15, -0.1) is 0 Å². The van der Waals surface area contributed by atoms with Gasteiger partial charge < -0.3 is 5.32 Å². The van der Waals surface area contributed by atoms with Gasteiger partial charge in [-0.05, 0) is 18.6 Å². The van der Waals surface area contributed by atoms with Crippen molar-refractivity contribution in [2.75, 3.05) is 11.9 Å². The maximum Gasteiger partial charge on any atom is 0.0730 e. The van der Waals surface area contributed by atoms with Crippen LogP contribution in [0.5, 0.6) is 0 Å². The molecule has 0 radical (unpaired) electrons. The molecule has 0 unspecified atom stereocenters. The molecule has 0 aliphatic rings. The number of benzene rings is 2. The Morgan fingerprint density at radius 3 is 1.45 bits per heavy atom. The predicted octanol–water partition coefficient (Wildman–Crippen LogP) is 9.28. The van der Waals surface area contributed by atoms with Crippen molar-refractivity contribution in [2.45, 2.75) is 96.8 Å². The van der Waals surface area contributed by atoms with Gasteiger partial charge in [0.05, 0.1) is 16.7 Å². The maximum absolute atomic E-state index is 4.82. The van der Waals surface area contributed by atoms with E-state index in [1.807, 2.05) is 0 Å². The molecule has 2 nitrogen and oxygen atoms in total. The number of unbranched alkanes of at least 4 members (excludes halogenated alkanes) is 13. The van der Waals surface area contributed by atoms with Crippen LogP contribution in [0.15, 0.2) is 48.5 Å². The van der Waals surface area contributed by atoms with Gasteiger partial charge in [0.1, 0.15) is 0 Å². The molecule has 0 aliphatic heterocycles. The zero-order valence-corrected chi connectivity index (χ0v) is 19.7. The van der Waals surface area contributed by atoms with Crippen LogP contribution < -0.4 is 5.32 Å². The van der Waals surface area contributed by atoms with Crippen molar-refractivity contribution >= 4 is 27.5 Å². The minimum absolute atomic E-state index is 1.04. The zero-order valence-electron chi connectivity index (χ0n) is 19.7. The average molecular weight is 419 g/mol. The van der Waals surface area contributed by atoms with Gasteiger partial charge in [0, 0.05) is 17.3 Å². The van der Waals surface area contributed by atoms with E-state index in [0.29, 0.717) is 0 Å². The lowest BCUT2D eigenvalue weighted by atomic mass is 10.0. The number of fused-ring (bicyclic) bond motifs is 2. The first kappa shape index (κ1) is 23.6. The molecule has 3 aromatic rings. The quantitative estimate of drug-likeness (QED) is 0.185. The van der Waals surface area contributed by atoms with E-state index in [-0.39, 0.29) is 0 Å². The highest BCUT2D eigenvalue weighted by Gasteiger charge is 2.07. The number of nitrogens with zero attached hydrogens (tertiary/aromatic N) is 1. The minimum atomic E-state index is 1.04. The summed E-state index contributed by atoms with van der Waals surface area (Å²) in [4.78, 5) is 4.82. The average Bonchev–Trinajstić information content (AvgIpc) is 2.81. The zero-order chi connectivity index (χ0) is 21.6. The smallest absolute Gasteiger partial charge is 0.0730 e. The fraction of sp³-hybridized carbons (Fsp3) is 0.552. The molecule has 31 heavy (non-hydrogen) atoms. The number of nitrogens with one attached hydrogen (secondary N) is 1. The fourth-order valence-electron chi connectivity index (χ4n) is 4.56. The molecule has 1 aromatic heterocycles. The molecule has 2 aromatic carbocycles. The molecule has 1 N–H and O–H groups in total. The molecular formula is C29H42N2. The van der Waals surface area contributed by atoms with Crippen molar-refractivity contribution < 1.29 is 0 Å². The van der Waals surface area contributed by atoms with E-state index in [1.54, 1.807) is 0 Å². The number of aromatic nitrogens is 1. The van der Waals surface area contributed by atoms with E-state index in [9.17, 15) is 0 Å². The van der Waals surface area contributed by atoms with Crippen LogP contribution in [0.3, 0.4) is 0 Å². The summed E-state index contributed by atoms with van der Waals surface area (Å²) in [5.41, 5.74) is 3.39. The Balaban J connectivity index is 1.28. The van der Waals surface area contributed by atoms with Crippen molar-refractivity contribution in [3.05, 3.63) is 48.5 Å². The fourth-order valence-corrected chi connectivity index (χ4v) is 4.56. The molecule has 168 valence electrons. The Bertz CT molecular complexity index is 832. The summed E-state index contributed by atoms with van der Waals surface area (Å²) in [6.45, 7) is 3.33. The second kappa shape index (κ2) is 14.1. The second-order valence-corrected chi connectivity index (χ2v) is 9.04. The lowest BCUT2D eigenvalue weighted by Crippen LogP contribution is -2.03. The molecule has 0 aliphatic carbocycles. The minimum Gasteiger partial charge on any atom is -0.384 e. The summed E-state index contributed by atoms with van der Waals surface area (Å²) < 4.78 is 0. The number of pyridine rings is 1. The van der Waals surface area contributed by atoms with E-state index < -0.39 is 0 Å². The number of rotatable bonds is 16. The molecule has 0 bridgehead atoms. The Hall–Kier alpha value is -2.09. The Morgan fingerprint density at radius 1 is 0.548 bits per heavy atom. The number of anilines is 1. The Kier molecular flexibility index (Phi) is 10.7. The summed E-state index contributed by atoms with van der Waals surface area (Å²) >= 11 is 0. The van der Waals surface area contributed by atoms with Crippen LogP contribution >= 0.6 is 0 Å². The third-order valence-corrected chi connectivity index (χ3v) is 6.42. The Labute approximate surface area is 189 Å². The molecule has 0 saturated heterocycles. The van der Waals surface area contributed by atoms with Gasteiger partial charge in [0.25, 0.3) is 0 Å². The molecule has 0 amide bonds. The Morgan fingerprint density at radius 2 is 0.968 bits per heavy atom. The summed E-state index contributed by atoms with van der Waals surface area (Å²) in [7, 11) is 0. The summed E-state index contributed by atoms with van der Waals surface area (Å²) in [6.07, 6.45) is 19.7. The van der Waals surface area contributed by atoms with Gasteiger partial charge in [-0.3, -0.25) is 0 Å². The molecule has 2 heteroatoms. The molecule has 1 heterocycles. The summed E-state index contributed by atoms with van der Waals surface area (Å²) in [5.74, 6) is 0.